The Morgan fingerprint density at radius 2 is 2.00 bits per heavy atom. The number of rotatable bonds is 2. The van der Waals surface area contributed by atoms with Crippen molar-refractivity contribution in [3.8, 4) is 0 Å². The van der Waals surface area contributed by atoms with E-state index in [1.807, 2.05) is 6.92 Å². The molecule has 0 aromatic heterocycles. The standard InChI is InChI=1S/C3H9O2P/c1-2-3-6(4)5/h4-5H,2-3H2,1H3. The highest BCUT2D eigenvalue weighted by Gasteiger charge is 1.90. The summed E-state index contributed by atoms with van der Waals surface area (Å²) in [6.45, 7) is 1.92. The van der Waals surface area contributed by atoms with Gasteiger partial charge < -0.3 is 9.79 Å². The van der Waals surface area contributed by atoms with Gasteiger partial charge >= 0.3 is 0 Å². The molecule has 0 heterocycles. The van der Waals surface area contributed by atoms with Crippen molar-refractivity contribution in [3.63, 3.8) is 0 Å². The van der Waals surface area contributed by atoms with Crippen LogP contribution in [-0.4, -0.2) is 15.9 Å². The lowest BCUT2D eigenvalue weighted by molar-refractivity contribution is 0.481. The van der Waals surface area contributed by atoms with Crippen molar-refractivity contribution < 1.29 is 9.79 Å². The van der Waals surface area contributed by atoms with E-state index in [9.17, 15) is 0 Å². The highest BCUT2D eigenvalue weighted by Crippen LogP contribution is 2.22. The molecule has 0 unspecified atom stereocenters. The number of hydrogen-bond donors (Lipinski definition) is 2. The zero-order valence-electron chi connectivity index (χ0n) is 3.76. The summed E-state index contributed by atoms with van der Waals surface area (Å²) in [6.07, 6.45) is 1.41. The van der Waals surface area contributed by atoms with Crippen molar-refractivity contribution in [1.29, 1.82) is 0 Å². The van der Waals surface area contributed by atoms with Crippen LogP contribution in [0.15, 0.2) is 0 Å². The molecule has 0 fully saturated rings. The third-order valence-corrected chi connectivity index (χ3v) is 1.27. The van der Waals surface area contributed by atoms with E-state index >= 15 is 0 Å². The first-order valence-electron chi connectivity index (χ1n) is 1.92. The molecule has 2 nitrogen and oxygen atoms in total. The Bertz CT molecular complexity index is 30.0. The van der Waals surface area contributed by atoms with Gasteiger partial charge in [-0.05, 0) is 6.42 Å². The molecule has 0 saturated carbocycles. The zero-order valence-corrected chi connectivity index (χ0v) is 4.65. The lowest BCUT2D eigenvalue weighted by Crippen LogP contribution is -1.75. The number of hydrogen-bond acceptors (Lipinski definition) is 2. The van der Waals surface area contributed by atoms with Crippen molar-refractivity contribution in [2.75, 3.05) is 6.16 Å². The van der Waals surface area contributed by atoms with E-state index in [4.69, 9.17) is 9.79 Å². The summed E-state index contributed by atoms with van der Waals surface area (Å²) in [4.78, 5) is 16.3. The normalized spacial score (nSPS) is 10.0. The first kappa shape index (κ1) is 6.35. The summed E-state index contributed by atoms with van der Waals surface area (Å²) < 4.78 is 0. The van der Waals surface area contributed by atoms with Crippen molar-refractivity contribution >= 4 is 8.38 Å². The van der Waals surface area contributed by atoms with Crippen LogP contribution in [0.25, 0.3) is 0 Å². The van der Waals surface area contributed by atoms with Crippen LogP contribution in [0.1, 0.15) is 13.3 Å². The molecule has 0 rings (SSSR count). The zero-order chi connectivity index (χ0) is 4.99. The lowest BCUT2D eigenvalue weighted by atomic mass is 10.6. The predicted molar refractivity (Wildman–Crippen MR) is 26.5 cm³/mol. The molecular formula is C3H9O2P. The molecule has 0 aliphatic heterocycles. The maximum atomic E-state index is 8.17. The van der Waals surface area contributed by atoms with Crippen LogP contribution in [-0.2, 0) is 0 Å². The van der Waals surface area contributed by atoms with Gasteiger partial charge in [0.15, 0.2) is 8.38 Å². The Morgan fingerprint density at radius 3 is 2.00 bits per heavy atom. The molecule has 0 saturated heterocycles. The van der Waals surface area contributed by atoms with Gasteiger partial charge in [0.1, 0.15) is 0 Å². The van der Waals surface area contributed by atoms with Gasteiger partial charge in [-0.2, -0.15) is 0 Å². The van der Waals surface area contributed by atoms with Gasteiger partial charge in [-0.15, -0.1) is 0 Å². The van der Waals surface area contributed by atoms with Crippen molar-refractivity contribution in [2.45, 2.75) is 13.3 Å². The van der Waals surface area contributed by atoms with Gasteiger partial charge in [-0.1, -0.05) is 6.92 Å². The fourth-order valence-corrected chi connectivity index (χ4v) is 0.600. The summed E-state index contributed by atoms with van der Waals surface area (Å²) in [5, 5.41) is 0. The van der Waals surface area contributed by atoms with E-state index in [1.165, 1.54) is 0 Å². The topological polar surface area (TPSA) is 40.5 Å². The minimum Gasteiger partial charge on any atom is -0.350 e. The molecule has 3 heteroatoms. The Hall–Kier alpha value is 0.350. The van der Waals surface area contributed by atoms with Crippen LogP contribution in [0, 0.1) is 0 Å². The maximum absolute atomic E-state index is 8.17. The van der Waals surface area contributed by atoms with E-state index in [2.05, 4.69) is 0 Å². The van der Waals surface area contributed by atoms with E-state index in [-0.39, 0.29) is 0 Å². The van der Waals surface area contributed by atoms with Gasteiger partial charge in [-0.25, -0.2) is 0 Å². The molecule has 38 valence electrons. The molecule has 0 aliphatic carbocycles. The highest BCUT2D eigenvalue weighted by atomic mass is 31.2. The average molecular weight is 108 g/mol. The second-order valence-corrected chi connectivity index (χ2v) is 2.29. The Labute approximate surface area is 38.7 Å². The first-order valence-corrected chi connectivity index (χ1v) is 3.36. The van der Waals surface area contributed by atoms with Crippen LogP contribution in [0.2, 0.25) is 0 Å². The van der Waals surface area contributed by atoms with E-state index in [0.717, 1.165) is 6.42 Å². The van der Waals surface area contributed by atoms with Crippen LogP contribution < -0.4 is 0 Å². The fourth-order valence-electron chi connectivity index (χ4n) is 0.200. The second kappa shape index (κ2) is 3.54. The van der Waals surface area contributed by atoms with Gasteiger partial charge in [0.05, 0.1) is 0 Å². The summed E-state index contributed by atoms with van der Waals surface area (Å²) in [7, 11) is -1.60. The SMILES string of the molecule is CCCP(O)O. The van der Waals surface area contributed by atoms with Gasteiger partial charge in [0, 0.05) is 6.16 Å². The van der Waals surface area contributed by atoms with E-state index in [1.54, 1.807) is 0 Å². The van der Waals surface area contributed by atoms with E-state index < -0.39 is 8.38 Å². The highest BCUT2D eigenvalue weighted by molar-refractivity contribution is 7.45. The van der Waals surface area contributed by atoms with Crippen LogP contribution in [0.5, 0.6) is 0 Å². The Balaban J connectivity index is 2.63. The minimum absolute atomic E-state index is 0.551. The van der Waals surface area contributed by atoms with Crippen molar-refractivity contribution in [3.05, 3.63) is 0 Å². The monoisotopic (exact) mass is 108 g/mol. The molecule has 0 radical (unpaired) electrons. The summed E-state index contributed by atoms with van der Waals surface area (Å²) in [5.41, 5.74) is 0. The molecule has 0 aromatic rings. The van der Waals surface area contributed by atoms with Crippen molar-refractivity contribution in [1.82, 2.24) is 0 Å². The van der Waals surface area contributed by atoms with Gasteiger partial charge in [-0.3, -0.25) is 0 Å². The molecule has 0 atom stereocenters. The minimum atomic E-state index is -1.60. The van der Waals surface area contributed by atoms with Gasteiger partial charge in [0.2, 0.25) is 0 Å². The molecule has 2 N–H and O–H groups in total. The quantitative estimate of drug-likeness (QED) is 0.511. The summed E-state index contributed by atoms with van der Waals surface area (Å²) in [6, 6.07) is 0. The molecule has 6 heavy (non-hydrogen) atoms. The molecule has 0 aliphatic rings. The molecule has 0 aromatic carbocycles. The maximum Gasteiger partial charge on any atom is 0.164 e. The fraction of sp³-hybridized carbons (Fsp3) is 1.00. The summed E-state index contributed by atoms with van der Waals surface area (Å²) >= 11 is 0. The summed E-state index contributed by atoms with van der Waals surface area (Å²) in [5.74, 6) is 0. The molecule has 0 amide bonds. The largest absolute Gasteiger partial charge is 0.350 e. The predicted octanol–water partition coefficient (Wildman–Crippen LogP) is 0.693. The average Bonchev–Trinajstić information content (AvgIpc) is 1.35. The lowest BCUT2D eigenvalue weighted by Gasteiger charge is -1.93. The van der Waals surface area contributed by atoms with Crippen LogP contribution >= 0.6 is 8.38 Å². The Kier molecular flexibility index (Phi) is 3.74. The van der Waals surface area contributed by atoms with Gasteiger partial charge in [0.25, 0.3) is 0 Å². The molecule has 0 bridgehead atoms. The third kappa shape index (κ3) is 4.35. The van der Waals surface area contributed by atoms with Crippen molar-refractivity contribution in [2.24, 2.45) is 0 Å². The van der Waals surface area contributed by atoms with E-state index in [0.29, 0.717) is 6.16 Å². The third-order valence-electron chi connectivity index (χ3n) is 0.424. The first-order chi connectivity index (χ1) is 2.77. The van der Waals surface area contributed by atoms with Crippen LogP contribution in [0.3, 0.4) is 0 Å². The molecule has 0 spiro atoms. The van der Waals surface area contributed by atoms with Crippen LogP contribution in [0.4, 0.5) is 0 Å². The Morgan fingerprint density at radius 1 is 1.50 bits per heavy atom. The smallest absolute Gasteiger partial charge is 0.164 e. The molecular weight excluding hydrogens is 99.0 g/mol. The second-order valence-electron chi connectivity index (χ2n) is 1.10.